The maximum absolute atomic E-state index is 12.0. The Hall–Kier alpha value is -1.35. The second-order valence-electron chi connectivity index (χ2n) is 4.81. The number of fused-ring (bicyclic) bond motifs is 1. The van der Waals surface area contributed by atoms with Crippen molar-refractivity contribution < 1.29 is 13.7 Å². The van der Waals surface area contributed by atoms with Crippen molar-refractivity contribution in [3.8, 4) is 0 Å². The fourth-order valence-electron chi connectivity index (χ4n) is 2.84. The fourth-order valence-corrected chi connectivity index (χ4v) is 5.43. The molecule has 0 amide bonds. The molecule has 2 N–H and O–H groups in total. The maximum Gasteiger partial charge on any atom is 0.186 e. The lowest BCUT2D eigenvalue weighted by Crippen LogP contribution is -2.39. The van der Waals surface area contributed by atoms with E-state index in [0.717, 1.165) is 0 Å². The van der Waals surface area contributed by atoms with Crippen LogP contribution in [0.15, 0.2) is 12.7 Å². The minimum absolute atomic E-state index is 0.208. The number of imidazole rings is 1. The Labute approximate surface area is 124 Å². The summed E-state index contributed by atoms with van der Waals surface area (Å²) in [6.45, 7) is 0. The van der Waals surface area contributed by atoms with Crippen LogP contribution in [-0.4, -0.2) is 24.4 Å². The number of nitrogen functional groups attached to an aromatic ring is 1. The van der Waals surface area contributed by atoms with Gasteiger partial charge in [-0.25, -0.2) is 15.0 Å². The molecule has 108 valence electrons. The smallest absolute Gasteiger partial charge is 0.186 e. The molecule has 0 saturated heterocycles. The van der Waals surface area contributed by atoms with Crippen LogP contribution in [0.25, 0.3) is 11.2 Å². The van der Waals surface area contributed by atoms with E-state index in [1.807, 2.05) is 0 Å². The molecule has 0 spiro atoms. The molecule has 0 aliphatic heterocycles. The number of nitrogens with zero attached hydrogens (tertiary/aromatic N) is 4. The van der Waals surface area contributed by atoms with Crippen LogP contribution in [-0.2, 0) is 19.0 Å². The quantitative estimate of drug-likeness (QED) is 0.849. The van der Waals surface area contributed by atoms with E-state index >= 15 is 0 Å². The molecule has 0 radical (unpaired) electrons. The average Bonchev–Trinajstić information content (AvgIpc) is 3.09. The number of nitrogens with two attached hydrogens (primary N) is 1. The van der Waals surface area contributed by atoms with Crippen molar-refractivity contribution >= 4 is 42.4 Å². The van der Waals surface area contributed by atoms with Gasteiger partial charge in [-0.05, 0) is 19.3 Å². The molecule has 1 atom stereocenters. The second-order valence-corrected chi connectivity index (χ2v) is 7.97. The lowest BCUT2D eigenvalue weighted by Gasteiger charge is -2.32. The number of hydrogen-bond donors (Lipinski definition) is 1. The predicted molar refractivity (Wildman–Crippen MR) is 77.1 cm³/mol. The van der Waals surface area contributed by atoms with Crippen molar-refractivity contribution in [1.82, 2.24) is 19.5 Å². The Balaban J connectivity index is 2.32. The van der Waals surface area contributed by atoms with Crippen molar-refractivity contribution in [3.05, 3.63) is 12.7 Å². The molecule has 1 aliphatic carbocycles. The summed E-state index contributed by atoms with van der Waals surface area (Å²) >= 11 is 0. The summed E-state index contributed by atoms with van der Waals surface area (Å²) in [5.74, 6) is 0.208. The molecule has 0 aromatic carbocycles. The molecule has 1 aliphatic rings. The highest BCUT2D eigenvalue weighted by Crippen LogP contribution is 2.63. The van der Waals surface area contributed by atoms with Crippen molar-refractivity contribution in [2.45, 2.75) is 29.4 Å². The zero-order valence-corrected chi connectivity index (χ0v) is 13.4. The minimum Gasteiger partial charge on any atom is -0.382 e. The number of rotatable bonds is 4. The van der Waals surface area contributed by atoms with Crippen LogP contribution < -0.4 is 5.73 Å². The van der Waals surface area contributed by atoms with E-state index < -0.39 is 10.2 Å². The third-order valence-electron chi connectivity index (χ3n) is 3.91. The fraction of sp³-hybridized carbons (Fsp3) is 0.500. The third kappa shape index (κ3) is 1.80. The Morgan fingerprint density at radius 1 is 1.10 bits per heavy atom. The Morgan fingerprint density at radius 2 is 1.86 bits per heavy atom. The minimum atomic E-state index is -1.16. The van der Waals surface area contributed by atoms with Gasteiger partial charge in [0.05, 0.1) is 6.33 Å². The standard InChI is InChI=1S/C10H10N5O3P3/c11-7-6-8(13-4-12-7)15(5-14-6)9(19-16)2-1-3-10(9,20-17)21-18/h4-5H,1-3H2,(H2,11,12,13). The summed E-state index contributed by atoms with van der Waals surface area (Å²) < 4.78 is 36.9. The van der Waals surface area contributed by atoms with E-state index in [1.54, 1.807) is 4.57 Å². The number of anilines is 1. The van der Waals surface area contributed by atoms with Crippen molar-refractivity contribution in [3.63, 3.8) is 0 Å². The average molecular weight is 341 g/mol. The molecule has 1 fully saturated rings. The molecule has 2 aromatic heterocycles. The van der Waals surface area contributed by atoms with E-state index in [4.69, 9.17) is 5.73 Å². The van der Waals surface area contributed by atoms with E-state index in [-0.39, 0.29) is 31.2 Å². The first-order chi connectivity index (χ1) is 10.1. The molecule has 2 aromatic rings. The van der Waals surface area contributed by atoms with Gasteiger partial charge in [-0.15, -0.1) is 0 Å². The zero-order chi connectivity index (χ0) is 15.1. The second kappa shape index (κ2) is 5.13. The molecule has 0 bridgehead atoms. The highest BCUT2D eigenvalue weighted by atomic mass is 31.1. The molecule has 11 heteroatoms. The van der Waals surface area contributed by atoms with Crippen molar-refractivity contribution in [1.29, 1.82) is 0 Å². The topological polar surface area (TPSA) is 121 Å². The monoisotopic (exact) mass is 341 g/mol. The summed E-state index contributed by atoms with van der Waals surface area (Å²) in [6, 6.07) is 0. The highest BCUT2D eigenvalue weighted by Gasteiger charge is 2.60. The summed E-state index contributed by atoms with van der Waals surface area (Å²) in [5.41, 5.74) is 6.53. The molecule has 2 heterocycles. The third-order valence-corrected chi connectivity index (χ3v) is 7.66. The molecule has 21 heavy (non-hydrogen) atoms. The van der Waals surface area contributed by atoms with Gasteiger partial charge in [0.25, 0.3) is 0 Å². The highest BCUT2D eigenvalue weighted by molar-refractivity contribution is 7.48. The van der Waals surface area contributed by atoms with Crippen molar-refractivity contribution in [2.75, 3.05) is 5.73 Å². The largest absolute Gasteiger partial charge is 0.382 e. The summed E-state index contributed by atoms with van der Waals surface area (Å²) in [6.07, 6.45) is 4.26. The SMILES string of the molecule is Nc1ncnc2c1ncn2C1(P=O)CCCC1(P=O)P=O. The lowest BCUT2D eigenvalue weighted by atomic mass is 10.2. The molecular formula is C10H10N5O3P3. The summed E-state index contributed by atoms with van der Waals surface area (Å²) in [5, 5.41) is -1.13. The van der Waals surface area contributed by atoms with Crippen LogP contribution in [0, 0.1) is 0 Å². The van der Waals surface area contributed by atoms with Gasteiger partial charge in [-0.2, -0.15) is 0 Å². The van der Waals surface area contributed by atoms with Crippen LogP contribution in [0.4, 0.5) is 5.82 Å². The maximum atomic E-state index is 12.0. The zero-order valence-electron chi connectivity index (χ0n) is 10.7. The van der Waals surface area contributed by atoms with Gasteiger partial charge in [0.2, 0.25) is 0 Å². The normalized spacial score (nSPS) is 29.7. The van der Waals surface area contributed by atoms with Gasteiger partial charge in [0.15, 0.2) is 47.0 Å². The lowest BCUT2D eigenvalue weighted by molar-refractivity contribution is 0.412. The van der Waals surface area contributed by atoms with Crippen molar-refractivity contribution in [2.24, 2.45) is 0 Å². The Kier molecular flexibility index (Phi) is 3.56. The summed E-state index contributed by atoms with van der Waals surface area (Å²) in [4.78, 5) is 11.0. The van der Waals surface area contributed by atoms with E-state index in [2.05, 4.69) is 15.0 Å². The van der Waals surface area contributed by atoms with Gasteiger partial charge >= 0.3 is 0 Å². The molecule has 8 nitrogen and oxygen atoms in total. The van der Waals surface area contributed by atoms with Gasteiger partial charge in [-0.1, -0.05) is 0 Å². The van der Waals surface area contributed by atoms with Crippen LogP contribution in [0.1, 0.15) is 19.3 Å². The number of hydrogen-bond acceptors (Lipinski definition) is 7. The molecule has 1 unspecified atom stereocenters. The van der Waals surface area contributed by atoms with Crippen LogP contribution in [0.2, 0.25) is 0 Å². The first-order valence-electron chi connectivity index (χ1n) is 6.12. The first kappa shape index (κ1) is 14.6. The van der Waals surface area contributed by atoms with Crippen LogP contribution in [0.5, 0.6) is 0 Å². The van der Waals surface area contributed by atoms with Gasteiger partial charge in [-0.3, -0.25) is 18.3 Å². The predicted octanol–water partition coefficient (Wildman–Crippen LogP) is 2.82. The number of aromatic nitrogens is 4. The van der Waals surface area contributed by atoms with Gasteiger partial charge < -0.3 is 5.73 Å². The molecular weight excluding hydrogens is 331 g/mol. The van der Waals surface area contributed by atoms with E-state index in [0.29, 0.717) is 30.4 Å². The molecule has 1 saturated carbocycles. The van der Waals surface area contributed by atoms with Crippen LogP contribution in [0.3, 0.4) is 0 Å². The van der Waals surface area contributed by atoms with Gasteiger partial charge in [0.1, 0.15) is 11.8 Å². The van der Waals surface area contributed by atoms with E-state index in [9.17, 15) is 13.7 Å². The van der Waals surface area contributed by atoms with E-state index in [1.165, 1.54) is 12.7 Å². The Morgan fingerprint density at radius 3 is 2.52 bits per heavy atom. The molecule has 3 rings (SSSR count). The first-order valence-corrected chi connectivity index (χ1v) is 8.55. The van der Waals surface area contributed by atoms with Crippen LogP contribution >= 0.6 is 25.4 Å². The summed E-state index contributed by atoms with van der Waals surface area (Å²) in [7, 11) is -0.926. The Bertz CT molecular complexity index is 743. The van der Waals surface area contributed by atoms with Gasteiger partial charge in [0, 0.05) is 0 Å².